The van der Waals surface area contributed by atoms with Gasteiger partial charge in [0, 0.05) is 25.6 Å². The smallest absolute Gasteiger partial charge is 0.243 e. The van der Waals surface area contributed by atoms with Gasteiger partial charge in [-0.1, -0.05) is 6.07 Å². The molecule has 1 aromatic rings. The third kappa shape index (κ3) is 5.47. The van der Waals surface area contributed by atoms with Crippen LogP contribution >= 0.6 is 12.4 Å². The van der Waals surface area contributed by atoms with Crippen molar-refractivity contribution in [1.82, 2.24) is 14.9 Å². The van der Waals surface area contributed by atoms with Crippen molar-refractivity contribution in [2.24, 2.45) is 5.92 Å². The van der Waals surface area contributed by atoms with Crippen molar-refractivity contribution in [3.63, 3.8) is 0 Å². The highest BCUT2D eigenvalue weighted by atomic mass is 35.5. The fourth-order valence-corrected chi connectivity index (χ4v) is 5.72. The molecule has 0 saturated carbocycles. The number of piperidine rings is 1. The Hall–Kier alpha value is -1.15. The summed E-state index contributed by atoms with van der Waals surface area (Å²) >= 11 is 0. The lowest BCUT2D eigenvalue weighted by Gasteiger charge is -2.31. The van der Waals surface area contributed by atoms with Gasteiger partial charge in [-0.25, -0.2) is 8.42 Å². The number of carbonyl (C=O) groups is 1. The van der Waals surface area contributed by atoms with Crippen molar-refractivity contribution in [2.45, 2.75) is 51.9 Å². The molecule has 0 aliphatic carbocycles. The monoisotopic (exact) mass is 431 g/mol. The number of hydrogen-bond acceptors (Lipinski definition) is 4. The largest absolute Gasteiger partial charge is 0.356 e. The summed E-state index contributed by atoms with van der Waals surface area (Å²) < 4.78 is 28.1. The minimum Gasteiger partial charge on any atom is -0.356 e. The molecule has 1 heterocycles. The highest BCUT2D eigenvalue weighted by molar-refractivity contribution is 7.89. The van der Waals surface area contributed by atoms with Crippen molar-refractivity contribution < 1.29 is 13.2 Å². The Labute approximate surface area is 175 Å². The Morgan fingerprint density at radius 1 is 1.07 bits per heavy atom. The minimum atomic E-state index is -3.55. The lowest BCUT2D eigenvalue weighted by atomic mass is 9.97. The van der Waals surface area contributed by atoms with Crippen LogP contribution in [0.5, 0.6) is 0 Å². The molecule has 160 valence electrons. The van der Waals surface area contributed by atoms with Crippen LogP contribution in [0.15, 0.2) is 11.0 Å². The maximum absolute atomic E-state index is 13.3. The van der Waals surface area contributed by atoms with Gasteiger partial charge >= 0.3 is 0 Å². The molecule has 6 nitrogen and oxygen atoms in total. The number of amides is 1. The summed E-state index contributed by atoms with van der Waals surface area (Å²) in [6.45, 7) is 9.95. The first-order valence-corrected chi connectivity index (χ1v) is 11.1. The van der Waals surface area contributed by atoms with Gasteiger partial charge in [-0.2, -0.15) is 4.31 Å². The molecule has 8 heteroatoms. The van der Waals surface area contributed by atoms with Crippen LogP contribution in [0.2, 0.25) is 0 Å². The number of sulfonamides is 1. The van der Waals surface area contributed by atoms with E-state index < -0.39 is 10.0 Å². The van der Waals surface area contributed by atoms with Gasteiger partial charge in [-0.05, 0) is 82.8 Å². The maximum Gasteiger partial charge on any atom is 0.243 e. The lowest BCUT2D eigenvalue weighted by molar-refractivity contribution is -0.126. The van der Waals surface area contributed by atoms with Crippen molar-refractivity contribution in [2.75, 3.05) is 33.2 Å². The summed E-state index contributed by atoms with van der Waals surface area (Å²) in [6.07, 6.45) is 2.03. The van der Waals surface area contributed by atoms with E-state index in [0.717, 1.165) is 35.2 Å². The number of nitrogens with zero attached hydrogens (tertiary/aromatic N) is 1. The molecule has 28 heavy (non-hydrogen) atoms. The summed E-state index contributed by atoms with van der Waals surface area (Å²) in [7, 11) is -1.66. The molecule has 1 aliphatic rings. The van der Waals surface area contributed by atoms with Crippen LogP contribution in [0.25, 0.3) is 0 Å². The van der Waals surface area contributed by atoms with Crippen LogP contribution in [-0.2, 0) is 14.8 Å². The SMILES string of the molecule is CNCCCNC(=O)C1CCN(S(=O)(=O)c2c(C)c(C)cc(C)c2C)CC1.Cl. The zero-order chi connectivity index (χ0) is 20.2. The molecule has 0 unspecified atom stereocenters. The molecule has 1 aromatic carbocycles. The predicted molar refractivity (Wildman–Crippen MR) is 116 cm³/mol. The minimum absolute atomic E-state index is 0. The van der Waals surface area contributed by atoms with Crippen LogP contribution in [0, 0.1) is 33.6 Å². The van der Waals surface area contributed by atoms with E-state index in [9.17, 15) is 13.2 Å². The number of nitrogens with one attached hydrogen (secondary N) is 2. The Morgan fingerprint density at radius 2 is 1.61 bits per heavy atom. The Balaban J connectivity index is 0.00000392. The fourth-order valence-electron chi connectivity index (χ4n) is 3.68. The lowest BCUT2D eigenvalue weighted by Crippen LogP contribution is -2.43. The van der Waals surface area contributed by atoms with E-state index >= 15 is 0 Å². The summed E-state index contributed by atoms with van der Waals surface area (Å²) in [5.74, 6) is -0.0608. The standard InChI is InChI=1S/C20H33N3O3S.ClH/c1-14-13-15(2)17(4)19(16(14)3)27(25,26)23-11-7-18(8-12-23)20(24)22-10-6-9-21-5;/h13,18,21H,6-12H2,1-5H3,(H,22,24);1H. The molecule has 0 bridgehead atoms. The van der Waals surface area contributed by atoms with Crippen molar-refractivity contribution in [3.8, 4) is 0 Å². The molecule has 0 aromatic heterocycles. The number of benzene rings is 1. The Morgan fingerprint density at radius 3 is 2.11 bits per heavy atom. The summed E-state index contributed by atoms with van der Waals surface area (Å²) in [5, 5.41) is 6.01. The van der Waals surface area contributed by atoms with Crippen LogP contribution in [-0.4, -0.2) is 51.9 Å². The van der Waals surface area contributed by atoms with Gasteiger partial charge in [0.2, 0.25) is 15.9 Å². The summed E-state index contributed by atoms with van der Waals surface area (Å²) in [6, 6.07) is 2.04. The average molecular weight is 432 g/mol. The zero-order valence-electron chi connectivity index (χ0n) is 17.6. The molecule has 1 amide bonds. The van der Waals surface area contributed by atoms with Crippen LogP contribution < -0.4 is 10.6 Å². The summed E-state index contributed by atoms with van der Waals surface area (Å²) in [5.41, 5.74) is 3.63. The third-order valence-electron chi connectivity index (χ3n) is 5.62. The second kappa shape index (κ2) is 10.6. The van der Waals surface area contributed by atoms with Crippen LogP contribution in [0.1, 0.15) is 41.5 Å². The van der Waals surface area contributed by atoms with Gasteiger partial charge in [0.25, 0.3) is 0 Å². The highest BCUT2D eigenvalue weighted by Gasteiger charge is 2.34. The first-order valence-electron chi connectivity index (χ1n) is 9.70. The molecule has 1 saturated heterocycles. The zero-order valence-corrected chi connectivity index (χ0v) is 19.2. The van der Waals surface area contributed by atoms with E-state index in [-0.39, 0.29) is 24.2 Å². The number of rotatable bonds is 7. The predicted octanol–water partition coefficient (Wildman–Crippen LogP) is 2.47. The van der Waals surface area contributed by atoms with Crippen molar-refractivity contribution in [1.29, 1.82) is 0 Å². The first kappa shape index (κ1) is 24.9. The van der Waals surface area contributed by atoms with Crippen LogP contribution in [0.3, 0.4) is 0 Å². The van der Waals surface area contributed by atoms with E-state index in [1.807, 2.05) is 40.8 Å². The molecule has 0 spiro atoms. The van der Waals surface area contributed by atoms with Crippen molar-refractivity contribution >= 4 is 28.3 Å². The van der Waals surface area contributed by atoms with Gasteiger partial charge in [-0.3, -0.25) is 4.79 Å². The number of hydrogen-bond donors (Lipinski definition) is 2. The van der Waals surface area contributed by atoms with E-state index in [1.165, 1.54) is 0 Å². The second-order valence-electron chi connectivity index (χ2n) is 7.52. The average Bonchev–Trinajstić information content (AvgIpc) is 2.63. The van der Waals surface area contributed by atoms with E-state index in [0.29, 0.717) is 37.4 Å². The molecule has 2 N–H and O–H groups in total. The molecule has 1 aliphatic heterocycles. The molecular formula is C20H34ClN3O3S. The quantitative estimate of drug-likeness (QED) is 0.650. The molecule has 1 fully saturated rings. The highest BCUT2D eigenvalue weighted by Crippen LogP contribution is 2.31. The number of aryl methyl sites for hydroxylation is 2. The third-order valence-corrected chi connectivity index (χ3v) is 7.80. The van der Waals surface area contributed by atoms with Gasteiger partial charge in [0.1, 0.15) is 0 Å². The van der Waals surface area contributed by atoms with E-state index in [2.05, 4.69) is 10.6 Å². The van der Waals surface area contributed by atoms with Gasteiger partial charge < -0.3 is 10.6 Å². The van der Waals surface area contributed by atoms with E-state index in [4.69, 9.17) is 0 Å². The van der Waals surface area contributed by atoms with E-state index in [1.54, 1.807) is 4.31 Å². The number of halogens is 1. The van der Waals surface area contributed by atoms with Gasteiger partial charge in [0.15, 0.2) is 0 Å². The number of carbonyl (C=O) groups excluding carboxylic acids is 1. The Bertz CT molecular complexity index is 762. The molecule has 2 rings (SSSR count). The molecule has 0 radical (unpaired) electrons. The van der Waals surface area contributed by atoms with Crippen molar-refractivity contribution in [3.05, 3.63) is 28.3 Å². The fraction of sp³-hybridized carbons (Fsp3) is 0.650. The molecule has 0 atom stereocenters. The van der Waals surface area contributed by atoms with Gasteiger partial charge in [-0.15, -0.1) is 12.4 Å². The second-order valence-corrected chi connectivity index (χ2v) is 9.39. The van der Waals surface area contributed by atoms with Crippen LogP contribution in [0.4, 0.5) is 0 Å². The topological polar surface area (TPSA) is 78.5 Å². The molecular weight excluding hydrogens is 398 g/mol. The van der Waals surface area contributed by atoms with Gasteiger partial charge in [0.05, 0.1) is 4.90 Å². The Kier molecular flexibility index (Phi) is 9.40. The normalized spacial score (nSPS) is 15.9. The first-order chi connectivity index (χ1) is 12.7. The maximum atomic E-state index is 13.3. The summed E-state index contributed by atoms with van der Waals surface area (Å²) in [4.78, 5) is 12.7.